The number of nitrogens with zero attached hydrogens (tertiary/aromatic N) is 1. The molecule has 6 nitrogen and oxygen atoms in total. The first kappa shape index (κ1) is 22.3. The number of esters is 1. The molecule has 4 rings (SSSR count). The smallest absolute Gasteiger partial charge is 0.329 e. The number of thioether (sulfide) groups is 1. The van der Waals surface area contributed by atoms with Gasteiger partial charge in [0.1, 0.15) is 12.0 Å². The fraction of sp³-hybridized carbons (Fsp3) is 0.280. The summed E-state index contributed by atoms with van der Waals surface area (Å²) >= 11 is 1.32. The van der Waals surface area contributed by atoms with E-state index in [4.69, 9.17) is 14.0 Å². The van der Waals surface area contributed by atoms with Crippen LogP contribution in [0.15, 0.2) is 71.4 Å². The fourth-order valence-corrected chi connectivity index (χ4v) is 4.82. The quantitative estimate of drug-likeness (QED) is 0.400. The van der Waals surface area contributed by atoms with E-state index in [0.717, 1.165) is 23.1 Å². The van der Waals surface area contributed by atoms with E-state index in [9.17, 15) is 9.90 Å². The number of rotatable bonds is 8. The van der Waals surface area contributed by atoms with Gasteiger partial charge in [0.15, 0.2) is 5.25 Å². The van der Waals surface area contributed by atoms with Crippen molar-refractivity contribution in [2.45, 2.75) is 37.9 Å². The van der Waals surface area contributed by atoms with Crippen LogP contribution in [0.1, 0.15) is 28.1 Å². The number of carbonyl (C=O) groups is 1. The predicted octanol–water partition coefficient (Wildman–Crippen LogP) is 4.44. The zero-order chi connectivity index (χ0) is 22.6. The lowest BCUT2D eigenvalue weighted by atomic mass is 9.94. The molecule has 32 heavy (non-hydrogen) atoms. The van der Waals surface area contributed by atoms with Gasteiger partial charge < -0.3 is 19.1 Å². The van der Waals surface area contributed by atoms with Crippen LogP contribution in [0.2, 0.25) is 0 Å². The largest absolute Gasteiger partial charge is 0.433 e. The van der Waals surface area contributed by atoms with E-state index >= 15 is 0 Å². The second-order valence-corrected chi connectivity index (χ2v) is 8.82. The summed E-state index contributed by atoms with van der Waals surface area (Å²) in [5.41, 5.74) is 3.71. The zero-order valence-corrected chi connectivity index (χ0v) is 18.8. The standard InChI is InChI=1S/C25H25NO5S/c1-17-21(18(2)31-26-17)15-30-25(28)22(20-11-7-4-8-12-20)16-29-24(27)23(25)32-14-13-19-9-5-3-6-10-19/h3-12,16,23,28H,13-15H2,1-2H3. The van der Waals surface area contributed by atoms with Crippen LogP contribution in [-0.4, -0.2) is 33.0 Å². The average Bonchev–Trinajstić information content (AvgIpc) is 3.13. The second-order valence-electron chi connectivity index (χ2n) is 7.61. The van der Waals surface area contributed by atoms with Crippen molar-refractivity contribution in [2.24, 2.45) is 0 Å². The molecule has 1 aliphatic rings. The van der Waals surface area contributed by atoms with Crippen molar-refractivity contribution < 1.29 is 23.9 Å². The van der Waals surface area contributed by atoms with Gasteiger partial charge in [0.25, 0.3) is 0 Å². The number of hydrogen-bond donors (Lipinski definition) is 1. The summed E-state index contributed by atoms with van der Waals surface area (Å²) in [4.78, 5) is 12.8. The van der Waals surface area contributed by atoms with Crippen LogP contribution < -0.4 is 0 Å². The minimum atomic E-state index is -1.88. The topological polar surface area (TPSA) is 81.8 Å². The minimum Gasteiger partial charge on any atom is -0.433 e. The fourth-order valence-electron chi connectivity index (χ4n) is 3.62. The Hall–Kier alpha value is -2.87. The van der Waals surface area contributed by atoms with E-state index in [1.807, 2.05) is 67.6 Å². The van der Waals surface area contributed by atoms with Crippen molar-refractivity contribution in [1.29, 1.82) is 0 Å². The van der Waals surface area contributed by atoms with Crippen LogP contribution in [-0.2, 0) is 27.3 Å². The molecule has 1 N–H and O–H groups in total. The molecule has 7 heteroatoms. The van der Waals surface area contributed by atoms with Crippen LogP contribution in [0.3, 0.4) is 0 Å². The average molecular weight is 452 g/mol. The van der Waals surface area contributed by atoms with E-state index in [2.05, 4.69) is 5.16 Å². The van der Waals surface area contributed by atoms with Gasteiger partial charge in [-0.25, -0.2) is 0 Å². The molecule has 166 valence electrons. The Morgan fingerprint density at radius 2 is 1.78 bits per heavy atom. The number of cyclic esters (lactones) is 1. The highest BCUT2D eigenvalue weighted by molar-refractivity contribution is 8.00. The van der Waals surface area contributed by atoms with E-state index in [1.54, 1.807) is 6.92 Å². The van der Waals surface area contributed by atoms with E-state index in [1.165, 1.54) is 18.0 Å². The van der Waals surface area contributed by atoms with Crippen molar-refractivity contribution in [3.8, 4) is 0 Å². The number of carbonyl (C=O) groups excluding carboxylic acids is 1. The summed E-state index contributed by atoms with van der Waals surface area (Å²) in [6, 6.07) is 19.3. The number of aromatic nitrogens is 1. The summed E-state index contributed by atoms with van der Waals surface area (Å²) in [7, 11) is 0. The highest BCUT2D eigenvalue weighted by Gasteiger charge is 2.51. The highest BCUT2D eigenvalue weighted by Crippen LogP contribution is 2.41. The zero-order valence-electron chi connectivity index (χ0n) is 18.0. The predicted molar refractivity (Wildman–Crippen MR) is 123 cm³/mol. The van der Waals surface area contributed by atoms with E-state index in [0.29, 0.717) is 22.8 Å². The number of ether oxygens (including phenoxy) is 2. The van der Waals surface area contributed by atoms with Crippen LogP contribution >= 0.6 is 11.8 Å². The Labute approximate surface area is 191 Å². The highest BCUT2D eigenvalue weighted by atomic mass is 32.2. The first-order valence-electron chi connectivity index (χ1n) is 10.4. The molecule has 3 aromatic rings. The number of hydrogen-bond acceptors (Lipinski definition) is 7. The van der Waals surface area contributed by atoms with E-state index < -0.39 is 17.0 Å². The molecular weight excluding hydrogens is 426 g/mol. The molecule has 0 amide bonds. The summed E-state index contributed by atoms with van der Waals surface area (Å²) in [6.45, 7) is 3.65. The molecule has 0 fully saturated rings. The third-order valence-electron chi connectivity index (χ3n) is 5.47. The van der Waals surface area contributed by atoms with Crippen LogP contribution in [0.4, 0.5) is 0 Å². The van der Waals surface area contributed by atoms with E-state index in [-0.39, 0.29) is 6.61 Å². The van der Waals surface area contributed by atoms with Gasteiger partial charge in [-0.15, -0.1) is 11.8 Å². The Morgan fingerprint density at radius 1 is 1.09 bits per heavy atom. The van der Waals surface area contributed by atoms with Gasteiger partial charge in [-0.05, 0) is 37.1 Å². The van der Waals surface area contributed by atoms with Gasteiger partial charge in [0.05, 0.1) is 17.9 Å². The van der Waals surface area contributed by atoms with Crippen molar-refractivity contribution in [1.82, 2.24) is 5.16 Å². The molecule has 0 bridgehead atoms. The third kappa shape index (κ3) is 4.65. The van der Waals surface area contributed by atoms with Crippen molar-refractivity contribution >= 4 is 23.3 Å². The maximum atomic E-state index is 12.8. The van der Waals surface area contributed by atoms with Crippen LogP contribution in [0.5, 0.6) is 0 Å². The monoisotopic (exact) mass is 451 g/mol. The first-order chi connectivity index (χ1) is 15.5. The second kappa shape index (κ2) is 9.73. The molecule has 0 saturated carbocycles. The molecule has 2 atom stereocenters. The lowest BCUT2D eigenvalue weighted by Gasteiger charge is -2.38. The van der Waals surface area contributed by atoms with Gasteiger partial charge in [-0.2, -0.15) is 0 Å². The molecule has 0 aliphatic carbocycles. The molecule has 2 unspecified atom stereocenters. The lowest BCUT2D eigenvalue weighted by Crippen LogP contribution is -2.51. The number of aliphatic hydroxyl groups is 1. The summed E-state index contributed by atoms with van der Waals surface area (Å²) in [5.74, 6) is -1.19. The Morgan fingerprint density at radius 3 is 2.44 bits per heavy atom. The number of aryl methyl sites for hydroxylation is 3. The lowest BCUT2D eigenvalue weighted by molar-refractivity contribution is -0.185. The molecule has 2 heterocycles. The summed E-state index contributed by atoms with van der Waals surface area (Å²) < 4.78 is 16.7. The Kier molecular flexibility index (Phi) is 6.79. The molecule has 0 radical (unpaired) electrons. The van der Waals surface area contributed by atoms with Crippen molar-refractivity contribution in [2.75, 3.05) is 5.75 Å². The van der Waals surface area contributed by atoms with Gasteiger partial charge in [0.2, 0.25) is 5.79 Å². The molecule has 2 aromatic carbocycles. The van der Waals surface area contributed by atoms with Gasteiger partial charge in [-0.1, -0.05) is 65.8 Å². The molecule has 0 saturated heterocycles. The normalized spacial score (nSPS) is 20.7. The summed E-state index contributed by atoms with van der Waals surface area (Å²) in [5, 5.41) is 14.8. The van der Waals surface area contributed by atoms with Gasteiger partial charge in [0, 0.05) is 5.56 Å². The Balaban J connectivity index is 1.61. The Bertz CT molecular complexity index is 1080. The molecule has 0 spiro atoms. The number of benzene rings is 2. The minimum absolute atomic E-state index is 0.0465. The maximum absolute atomic E-state index is 12.8. The third-order valence-corrected chi connectivity index (χ3v) is 6.75. The summed E-state index contributed by atoms with van der Waals surface area (Å²) in [6.07, 6.45) is 2.04. The van der Waals surface area contributed by atoms with Crippen LogP contribution in [0, 0.1) is 13.8 Å². The van der Waals surface area contributed by atoms with Gasteiger partial charge >= 0.3 is 5.97 Å². The molecule has 1 aromatic heterocycles. The first-order valence-corrected chi connectivity index (χ1v) is 11.4. The molecular formula is C25H25NO5S. The van der Waals surface area contributed by atoms with Gasteiger partial charge in [-0.3, -0.25) is 4.79 Å². The SMILES string of the molecule is Cc1noc(C)c1COC1(O)C(c2ccccc2)=COC(=O)C1SCCc1ccccc1. The van der Waals surface area contributed by atoms with Crippen LogP contribution in [0.25, 0.3) is 5.57 Å². The molecule has 1 aliphatic heterocycles. The van der Waals surface area contributed by atoms with Crippen molar-refractivity contribution in [3.63, 3.8) is 0 Å². The van der Waals surface area contributed by atoms with Crippen molar-refractivity contribution in [3.05, 3.63) is 95.1 Å². The maximum Gasteiger partial charge on any atom is 0.329 e.